The van der Waals surface area contributed by atoms with Crippen LogP contribution in [-0.2, 0) is 9.59 Å². The summed E-state index contributed by atoms with van der Waals surface area (Å²) in [5.41, 5.74) is 1.11. The predicted octanol–water partition coefficient (Wildman–Crippen LogP) is 3.45. The second-order valence-electron chi connectivity index (χ2n) is 6.02. The van der Waals surface area contributed by atoms with E-state index in [1.165, 1.54) is 0 Å². The van der Waals surface area contributed by atoms with Gasteiger partial charge in [-0.15, -0.1) is 0 Å². The van der Waals surface area contributed by atoms with Gasteiger partial charge in [0, 0.05) is 37.4 Å². The largest absolute Gasteiger partial charge is 0.497 e. The fraction of sp³-hybridized carbons (Fsp3) is 0.556. The lowest BCUT2D eigenvalue weighted by Gasteiger charge is -2.21. The molecule has 1 rings (SSSR count). The number of hydrogen-bond donors (Lipinski definition) is 1. The molecule has 6 heteroatoms. The Bertz CT molecular complexity index is 548. The standard InChI is InChI=1S/C18H27NO4S/c1-13(18(22)19(2)3)12-24-16(9-6-10-17(20)21)14-7-5-8-15(11-14)23-4/h5,7-8,11,13,16H,6,9-10,12H2,1-4H3,(H,20,21). The van der Waals surface area contributed by atoms with Crippen LogP contribution in [-0.4, -0.2) is 48.8 Å². The zero-order valence-electron chi connectivity index (χ0n) is 14.8. The van der Waals surface area contributed by atoms with Crippen molar-refractivity contribution in [2.24, 2.45) is 5.92 Å². The van der Waals surface area contributed by atoms with Crippen LogP contribution in [0.25, 0.3) is 0 Å². The summed E-state index contributed by atoms with van der Waals surface area (Å²) >= 11 is 1.70. The average Bonchev–Trinajstić information content (AvgIpc) is 2.56. The maximum absolute atomic E-state index is 12.0. The van der Waals surface area contributed by atoms with Crippen LogP contribution in [0.3, 0.4) is 0 Å². The van der Waals surface area contributed by atoms with E-state index >= 15 is 0 Å². The fourth-order valence-corrected chi connectivity index (χ4v) is 3.74. The minimum atomic E-state index is -0.777. The van der Waals surface area contributed by atoms with Crippen molar-refractivity contribution in [2.75, 3.05) is 27.0 Å². The molecule has 1 aromatic rings. The van der Waals surface area contributed by atoms with E-state index in [1.54, 1.807) is 37.9 Å². The summed E-state index contributed by atoms with van der Waals surface area (Å²) in [4.78, 5) is 24.4. The number of amides is 1. The third-order valence-electron chi connectivity index (χ3n) is 3.73. The van der Waals surface area contributed by atoms with E-state index in [1.807, 2.05) is 31.2 Å². The number of methoxy groups -OCH3 is 1. The van der Waals surface area contributed by atoms with Gasteiger partial charge in [0.25, 0.3) is 0 Å². The van der Waals surface area contributed by atoms with Crippen molar-refractivity contribution in [1.29, 1.82) is 0 Å². The first-order valence-corrected chi connectivity index (χ1v) is 9.08. The summed E-state index contributed by atoms with van der Waals surface area (Å²) in [6, 6.07) is 7.84. The maximum atomic E-state index is 12.0. The fourth-order valence-electron chi connectivity index (χ4n) is 2.40. The van der Waals surface area contributed by atoms with Crippen LogP contribution in [0, 0.1) is 5.92 Å². The number of carbonyl (C=O) groups is 2. The Morgan fingerprint density at radius 2 is 2.04 bits per heavy atom. The van der Waals surface area contributed by atoms with E-state index in [4.69, 9.17) is 9.84 Å². The minimum absolute atomic E-state index is 0.0717. The van der Waals surface area contributed by atoms with Gasteiger partial charge >= 0.3 is 5.97 Å². The van der Waals surface area contributed by atoms with Gasteiger partial charge in [-0.3, -0.25) is 9.59 Å². The van der Waals surface area contributed by atoms with Gasteiger partial charge < -0.3 is 14.7 Å². The molecule has 0 saturated heterocycles. The number of hydrogen-bond acceptors (Lipinski definition) is 4. The molecule has 1 amide bonds. The minimum Gasteiger partial charge on any atom is -0.497 e. The lowest BCUT2D eigenvalue weighted by molar-refractivity contribution is -0.137. The zero-order chi connectivity index (χ0) is 18.1. The van der Waals surface area contributed by atoms with E-state index in [9.17, 15) is 9.59 Å². The van der Waals surface area contributed by atoms with Crippen molar-refractivity contribution in [3.63, 3.8) is 0 Å². The first kappa shape index (κ1) is 20.4. The Morgan fingerprint density at radius 3 is 2.62 bits per heavy atom. The molecule has 134 valence electrons. The van der Waals surface area contributed by atoms with Crippen molar-refractivity contribution in [3.05, 3.63) is 29.8 Å². The molecule has 2 atom stereocenters. The summed E-state index contributed by atoms with van der Waals surface area (Å²) in [7, 11) is 5.15. The lowest BCUT2D eigenvalue weighted by atomic mass is 10.1. The molecular formula is C18H27NO4S. The molecule has 0 radical (unpaired) electrons. The van der Waals surface area contributed by atoms with E-state index in [2.05, 4.69) is 0 Å². The molecule has 0 heterocycles. The second-order valence-corrected chi connectivity index (χ2v) is 7.25. The van der Waals surface area contributed by atoms with Crippen LogP contribution in [0.1, 0.15) is 37.0 Å². The van der Waals surface area contributed by atoms with Crippen molar-refractivity contribution in [3.8, 4) is 5.75 Å². The predicted molar refractivity (Wildman–Crippen MR) is 97.5 cm³/mol. The highest BCUT2D eigenvalue weighted by Crippen LogP contribution is 2.36. The summed E-state index contributed by atoms with van der Waals surface area (Å²) < 4.78 is 5.28. The lowest BCUT2D eigenvalue weighted by Crippen LogP contribution is -2.29. The van der Waals surface area contributed by atoms with Gasteiger partial charge in [-0.05, 0) is 30.5 Å². The smallest absolute Gasteiger partial charge is 0.303 e. The zero-order valence-corrected chi connectivity index (χ0v) is 15.6. The summed E-state index contributed by atoms with van der Waals surface area (Å²) in [6.07, 6.45) is 1.53. The normalized spacial score (nSPS) is 13.2. The van der Waals surface area contributed by atoms with Crippen LogP contribution >= 0.6 is 11.8 Å². The quantitative estimate of drug-likeness (QED) is 0.698. The Labute approximate surface area is 148 Å². The van der Waals surface area contributed by atoms with E-state index < -0.39 is 5.97 Å². The van der Waals surface area contributed by atoms with Crippen LogP contribution < -0.4 is 4.74 Å². The molecule has 5 nitrogen and oxygen atoms in total. The Morgan fingerprint density at radius 1 is 1.33 bits per heavy atom. The molecule has 0 aliphatic carbocycles. The van der Waals surface area contributed by atoms with Gasteiger partial charge in [-0.1, -0.05) is 19.1 Å². The number of nitrogens with zero attached hydrogens (tertiary/aromatic N) is 1. The van der Waals surface area contributed by atoms with Crippen LogP contribution in [0.2, 0.25) is 0 Å². The number of ether oxygens (including phenoxy) is 1. The monoisotopic (exact) mass is 353 g/mol. The van der Waals surface area contributed by atoms with Gasteiger partial charge in [0.15, 0.2) is 0 Å². The average molecular weight is 353 g/mol. The highest BCUT2D eigenvalue weighted by molar-refractivity contribution is 7.99. The van der Waals surface area contributed by atoms with Gasteiger partial charge in [0.1, 0.15) is 5.75 Å². The molecule has 0 aliphatic heterocycles. The number of aliphatic carboxylic acids is 1. The topological polar surface area (TPSA) is 66.8 Å². The van der Waals surface area contributed by atoms with E-state index in [0.717, 1.165) is 17.7 Å². The number of benzene rings is 1. The number of thioether (sulfide) groups is 1. The summed E-state index contributed by atoms with van der Waals surface area (Å²) in [5.74, 6) is 0.746. The third kappa shape index (κ3) is 6.83. The third-order valence-corrected chi connectivity index (χ3v) is 5.33. The van der Waals surface area contributed by atoms with Gasteiger partial charge in [0.2, 0.25) is 5.91 Å². The summed E-state index contributed by atoms with van der Waals surface area (Å²) in [6.45, 7) is 1.93. The van der Waals surface area contributed by atoms with Crippen molar-refractivity contribution in [2.45, 2.75) is 31.4 Å². The number of carboxylic acid groups (broad SMARTS) is 1. The van der Waals surface area contributed by atoms with Crippen molar-refractivity contribution >= 4 is 23.6 Å². The van der Waals surface area contributed by atoms with E-state index in [-0.39, 0.29) is 23.5 Å². The van der Waals surface area contributed by atoms with E-state index in [0.29, 0.717) is 12.2 Å². The van der Waals surface area contributed by atoms with Crippen LogP contribution in [0.4, 0.5) is 0 Å². The SMILES string of the molecule is COc1cccc(C(CCCC(=O)O)SCC(C)C(=O)N(C)C)c1. The van der Waals surface area contributed by atoms with Crippen LogP contribution in [0.15, 0.2) is 24.3 Å². The maximum Gasteiger partial charge on any atom is 0.303 e. The van der Waals surface area contributed by atoms with Gasteiger partial charge in [-0.2, -0.15) is 11.8 Å². The van der Waals surface area contributed by atoms with Crippen molar-refractivity contribution in [1.82, 2.24) is 4.90 Å². The molecule has 24 heavy (non-hydrogen) atoms. The molecule has 0 bridgehead atoms. The number of rotatable bonds is 10. The first-order valence-electron chi connectivity index (χ1n) is 8.03. The molecule has 0 aliphatic rings. The number of carboxylic acids is 1. The second kappa shape index (κ2) is 10.2. The Balaban J connectivity index is 2.76. The van der Waals surface area contributed by atoms with Crippen molar-refractivity contribution < 1.29 is 19.4 Å². The highest BCUT2D eigenvalue weighted by Gasteiger charge is 2.19. The molecule has 1 aromatic carbocycles. The molecule has 0 spiro atoms. The molecule has 1 N–H and O–H groups in total. The first-order chi connectivity index (χ1) is 11.3. The molecule has 2 unspecified atom stereocenters. The van der Waals surface area contributed by atoms with Gasteiger partial charge in [-0.25, -0.2) is 0 Å². The Hall–Kier alpha value is -1.69. The Kier molecular flexibility index (Phi) is 8.68. The number of carbonyl (C=O) groups excluding carboxylic acids is 1. The highest BCUT2D eigenvalue weighted by atomic mass is 32.2. The molecule has 0 saturated carbocycles. The molecular weight excluding hydrogens is 326 g/mol. The van der Waals surface area contributed by atoms with Gasteiger partial charge in [0.05, 0.1) is 7.11 Å². The molecule has 0 aromatic heterocycles. The molecule has 0 fully saturated rings. The van der Waals surface area contributed by atoms with Crippen LogP contribution in [0.5, 0.6) is 5.75 Å². The summed E-state index contributed by atoms with van der Waals surface area (Å²) in [5, 5.41) is 9.00.